The van der Waals surface area contributed by atoms with Gasteiger partial charge in [-0.1, -0.05) is 40.7 Å². The number of hydrogen-bond acceptors (Lipinski definition) is 3. The summed E-state index contributed by atoms with van der Waals surface area (Å²) in [4.78, 5) is 4.19. The van der Waals surface area contributed by atoms with Gasteiger partial charge in [0.05, 0.1) is 0 Å². The first-order valence-electron chi connectivity index (χ1n) is 8.69. The predicted molar refractivity (Wildman–Crippen MR) is 96.3 cm³/mol. The summed E-state index contributed by atoms with van der Waals surface area (Å²) in [7, 11) is 0. The molecule has 1 N–H and O–H groups in total. The molecule has 0 aliphatic carbocycles. The zero-order chi connectivity index (χ0) is 15.7. The molecule has 0 aliphatic heterocycles. The van der Waals surface area contributed by atoms with Gasteiger partial charge >= 0.3 is 0 Å². The molecule has 1 unspecified atom stereocenters. The van der Waals surface area contributed by atoms with E-state index in [9.17, 15) is 0 Å². The molecule has 122 valence electrons. The van der Waals surface area contributed by atoms with Crippen molar-refractivity contribution in [3.63, 3.8) is 0 Å². The highest BCUT2D eigenvalue weighted by molar-refractivity contribution is 7.09. The van der Waals surface area contributed by atoms with Crippen LogP contribution in [-0.2, 0) is 6.42 Å². The van der Waals surface area contributed by atoms with E-state index in [0.29, 0.717) is 6.04 Å². The van der Waals surface area contributed by atoms with Gasteiger partial charge in [0.15, 0.2) is 0 Å². The second-order valence-electron chi connectivity index (χ2n) is 5.71. The van der Waals surface area contributed by atoms with Crippen LogP contribution in [0, 0.1) is 0 Å². The van der Waals surface area contributed by atoms with E-state index in [4.69, 9.17) is 0 Å². The van der Waals surface area contributed by atoms with Crippen LogP contribution in [-0.4, -0.2) is 36.1 Å². The number of hydrogen-bond donors (Lipinski definition) is 1. The minimum atomic E-state index is 0.288. The van der Waals surface area contributed by atoms with Crippen molar-refractivity contribution < 1.29 is 0 Å². The highest BCUT2D eigenvalue weighted by Crippen LogP contribution is 2.31. The van der Waals surface area contributed by atoms with Crippen LogP contribution < -0.4 is 5.32 Å². The molecular weight excluding hydrogens is 276 g/mol. The topological polar surface area (TPSA) is 15.3 Å². The van der Waals surface area contributed by atoms with E-state index < -0.39 is 0 Å². The second kappa shape index (κ2) is 9.60. The van der Waals surface area contributed by atoms with E-state index in [-0.39, 0.29) is 5.54 Å². The molecule has 0 saturated heterocycles. The molecule has 0 spiro atoms. The maximum atomic E-state index is 3.80. The Morgan fingerprint density at radius 2 is 1.81 bits per heavy atom. The van der Waals surface area contributed by atoms with Gasteiger partial charge in [-0.15, -0.1) is 11.3 Å². The van der Waals surface area contributed by atoms with Crippen LogP contribution in [0.25, 0.3) is 0 Å². The molecule has 0 saturated carbocycles. The standard InChI is InChI=1S/C18H34N2S/c1-6-18(7-2,20(9-4)10-5)17(19-8-3)14-13-16-12-11-15-21-16/h11-12,15,17,19H,6-10,13-14H2,1-5H3. The second-order valence-corrected chi connectivity index (χ2v) is 6.74. The van der Waals surface area contributed by atoms with Gasteiger partial charge in [0.1, 0.15) is 0 Å². The fraction of sp³-hybridized carbons (Fsp3) is 0.778. The van der Waals surface area contributed by atoms with Crippen molar-refractivity contribution in [2.45, 2.75) is 71.9 Å². The Morgan fingerprint density at radius 3 is 2.24 bits per heavy atom. The Hall–Kier alpha value is -0.380. The highest BCUT2D eigenvalue weighted by atomic mass is 32.1. The minimum absolute atomic E-state index is 0.288. The molecule has 1 aromatic heterocycles. The Kier molecular flexibility index (Phi) is 8.53. The SMILES string of the molecule is CCNC(CCc1cccs1)C(CC)(CC)N(CC)CC. The zero-order valence-corrected chi connectivity index (χ0v) is 15.4. The summed E-state index contributed by atoms with van der Waals surface area (Å²) in [5.41, 5.74) is 0.288. The molecule has 1 aromatic rings. The first-order chi connectivity index (χ1) is 10.2. The van der Waals surface area contributed by atoms with Crippen molar-refractivity contribution in [3.8, 4) is 0 Å². The summed E-state index contributed by atoms with van der Waals surface area (Å²) in [5.74, 6) is 0. The Bertz CT molecular complexity index is 353. The van der Waals surface area contributed by atoms with E-state index in [0.717, 1.165) is 19.6 Å². The van der Waals surface area contributed by atoms with E-state index in [1.54, 1.807) is 0 Å². The molecule has 0 aliphatic rings. The molecule has 21 heavy (non-hydrogen) atoms. The van der Waals surface area contributed by atoms with Crippen LogP contribution in [0.2, 0.25) is 0 Å². The third-order valence-corrected chi connectivity index (χ3v) is 5.91. The molecule has 0 aromatic carbocycles. The Labute approximate surface area is 135 Å². The van der Waals surface area contributed by atoms with Crippen molar-refractivity contribution in [2.75, 3.05) is 19.6 Å². The third kappa shape index (κ3) is 4.54. The summed E-state index contributed by atoms with van der Waals surface area (Å²) >= 11 is 1.89. The first-order valence-corrected chi connectivity index (χ1v) is 9.57. The van der Waals surface area contributed by atoms with Crippen molar-refractivity contribution >= 4 is 11.3 Å². The van der Waals surface area contributed by atoms with Gasteiger partial charge in [-0.3, -0.25) is 4.90 Å². The Morgan fingerprint density at radius 1 is 1.14 bits per heavy atom. The zero-order valence-electron chi connectivity index (χ0n) is 14.6. The number of thiophene rings is 1. The van der Waals surface area contributed by atoms with Gasteiger partial charge in [0, 0.05) is 16.5 Å². The number of nitrogens with one attached hydrogen (secondary N) is 1. The molecule has 0 radical (unpaired) electrons. The molecule has 1 atom stereocenters. The molecule has 2 nitrogen and oxygen atoms in total. The predicted octanol–water partition coefficient (Wildman–Crippen LogP) is 4.56. The van der Waals surface area contributed by atoms with Gasteiger partial charge in [-0.25, -0.2) is 0 Å². The molecule has 0 fully saturated rings. The van der Waals surface area contributed by atoms with Crippen LogP contribution in [0.1, 0.15) is 58.8 Å². The van der Waals surface area contributed by atoms with Crippen molar-refractivity contribution in [3.05, 3.63) is 22.4 Å². The fourth-order valence-corrected chi connectivity index (χ4v) is 4.54. The van der Waals surface area contributed by atoms with E-state index in [1.807, 2.05) is 11.3 Å². The van der Waals surface area contributed by atoms with Gasteiger partial charge in [-0.2, -0.15) is 0 Å². The van der Waals surface area contributed by atoms with Gasteiger partial charge in [0.2, 0.25) is 0 Å². The molecular formula is C18H34N2S. The lowest BCUT2D eigenvalue weighted by Crippen LogP contribution is -2.61. The van der Waals surface area contributed by atoms with Crippen LogP contribution in [0.15, 0.2) is 17.5 Å². The summed E-state index contributed by atoms with van der Waals surface area (Å²) in [6.45, 7) is 14.9. The van der Waals surface area contributed by atoms with Crippen molar-refractivity contribution in [2.24, 2.45) is 0 Å². The number of nitrogens with zero attached hydrogens (tertiary/aromatic N) is 1. The maximum Gasteiger partial charge on any atom is 0.0357 e. The summed E-state index contributed by atoms with van der Waals surface area (Å²) in [6, 6.07) is 5.00. The average Bonchev–Trinajstić information content (AvgIpc) is 3.03. The fourth-order valence-electron chi connectivity index (χ4n) is 3.81. The quantitative estimate of drug-likeness (QED) is 0.644. The van der Waals surface area contributed by atoms with Gasteiger partial charge in [-0.05, 0) is 56.8 Å². The Balaban J connectivity index is 2.90. The van der Waals surface area contributed by atoms with E-state index in [1.165, 1.54) is 30.6 Å². The highest BCUT2D eigenvalue weighted by Gasteiger charge is 2.39. The third-order valence-electron chi connectivity index (χ3n) is 4.98. The average molecular weight is 311 g/mol. The molecule has 1 heterocycles. The van der Waals surface area contributed by atoms with Crippen molar-refractivity contribution in [1.82, 2.24) is 10.2 Å². The number of aryl methyl sites for hydroxylation is 1. The van der Waals surface area contributed by atoms with Crippen LogP contribution in [0.3, 0.4) is 0 Å². The maximum absolute atomic E-state index is 3.80. The minimum Gasteiger partial charge on any atom is -0.312 e. The lowest BCUT2D eigenvalue weighted by atomic mass is 9.80. The van der Waals surface area contributed by atoms with E-state index in [2.05, 4.69) is 62.3 Å². The van der Waals surface area contributed by atoms with E-state index >= 15 is 0 Å². The molecule has 0 bridgehead atoms. The van der Waals surface area contributed by atoms with Crippen LogP contribution in [0.5, 0.6) is 0 Å². The lowest BCUT2D eigenvalue weighted by Gasteiger charge is -2.48. The van der Waals surface area contributed by atoms with Crippen LogP contribution in [0.4, 0.5) is 0 Å². The molecule has 1 rings (SSSR count). The van der Waals surface area contributed by atoms with Crippen LogP contribution >= 0.6 is 11.3 Å². The number of likely N-dealkylation sites (N-methyl/N-ethyl adjacent to an activating group) is 2. The lowest BCUT2D eigenvalue weighted by molar-refractivity contribution is 0.0468. The first kappa shape index (κ1) is 18.7. The largest absolute Gasteiger partial charge is 0.312 e. The molecule has 0 amide bonds. The monoisotopic (exact) mass is 310 g/mol. The van der Waals surface area contributed by atoms with Crippen molar-refractivity contribution in [1.29, 1.82) is 0 Å². The summed E-state index contributed by atoms with van der Waals surface area (Å²) < 4.78 is 0. The summed E-state index contributed by atoms with van der Waals surface area (Å²) in [5, 5.41) is 5.99. The van der Waals surface area contributed by atoms with Gasteiger partial charge in [0.25, 0.3) is 0 Å². The normalized spacial score (nSPS) is 13.8. The smallest absolute Gasteiger partial charge is 0.0357 e. The number of rotatable bonds is 11. The summed E-state index contributed by atoms with van der Waals surface area (Å²) in [6.07, 6.45) is 4.85. The van der Waals surface area contributed by atoms with Gasteiger partial charge < -0.3 is 5.32 Å². The molecule has 3 heteroatoms.